The fourth-order valence-corrected chi connectivity index (χ4v) is 2.27. The van der Waals surface area contributed by atoms with Gasteiger partial charge in [-0.05, 0) is 25.0 Å². The zero-order chi connectivity index (χ0) is 14.5. The molecule has 0 radical (unpaired) electrons. The van der Waals surface area contributed by atoms with Crippen molar-refractivity contribution < 1.29 is 9.53 Å². The van der Waals surface area contributed by atoms with Crippen LogP contribution in [0, 0.1) is 5.92 Å². The number of anilines is 1. The lowest BCUT2D eigenvalue weighted by atomic mass is 10.0. The Morgan fingerprint density at radius 3 is 2.75 bits per heavy atom. The summed E-state index contributed by atoms with van der Waals surface area (Å²) < 4.78 is 5.28. The van der Waals surface area contributed by atoms with E-state index in [1.807, 2.05) is 38.1 Å². The highest BCUT2D eigenvalue weighted by molar-refractivity contribution is 6.01. The first-order valence-corrected chi connectivity index (χ1v) is 6.93. The molecule has 1 aromatic carbocycles. The average molecular weight is 272 g/mol. The van der Waals surface area contributed by atoms with E-state index in [0.717, 1.165) is 23.7 Å². The van der Waals surface area contributed by atoms with Crippen molar-refractivity contribution >= 4 is 22.5 Å². The van der Waals surface area contributed by atoms with E-state index in [1.165, 1.54) is 0 Å². The van der Waals surface area contributed by atoms with Crippen LogP contribution in [0.25, 0.3) is 10.9 Å². The van der Waals surface area contributed by atoms with E-state index in [1.54, 1.807) is 13.3 Å². The molecule has 0 aliphatic rings. The van der Waals surface area contributed by atoms with Gasteiger partial charge in [0, 0.05) is 23.6 Å². The van der Waals surface area contributed by atoms with Gasteiger partial charge in [0.05, 0.1) is 18.3 Å². The summed E-state index contributed by atoms with van der Waals surface area (Å²) in [5.41, 5.74) is 1.49. The molecular weight excluding hydrogens is 252 g/mol. The van der Waals surface area contributed by atoms with Crippen molar-refractivity contribution in [1.82, 2.24) is 4.98 Å². The molecule has 0 spiro atoms. The number of nitrogens with zero attached hydrogens (tertiary/aromatic N) is 1. The van der Waals surface area contributed by atoms with E-state index in [4.69, 9.17) is 4.74 Å². The number of ether oxygens (including phenoxy) is 1. The summed E-state index contributed by atoms with van der Waals surface area (Å²) in [6, 6.07) is 7.55. The standard InChI is InChI=1S/C16H20N2O2/c1-4-11(5-2)16(19)18-14-10-13(20-3)9-12-7-6-8-17-15(12)14/h6-11H,4-5H2,1-3H3,(H,18,19). The lowest BCUT2D eigenvalue weighted by Crippen LogP contribution is -2.21. The van der Waals surface area contributed by atoms with Gasteiger partial charge in [-0.1, -0.05) is 19.9 Å². The molecular formula is C16H20N2O2. The molecule has 0 fully saturated rings. The Labute approximate surface area is 119 Å². The van der Waals surface area contributed by atoms with E-state index in [-0.39, 0.29) is 11.8 Å². The summed E-state index contributed by atoms with van der Waals surface area (Å²) in [6.45, 7) is 4.05. The molecule has 1 heterocycles. The first kappa shape index (κ1) is 14.3. The summed E-state index contributed by atoms with van der Waals surface area (Å²) in [6.07, 6.45) is 3.39. The summed E-state index contributed by atoms with van der Waals surface area (Å²) in [7, 11) is 1.62. The summed E-state index contributed by atoms with van der Waals surface area (Å²) >= 11 is 0. The zero-order valence-corrected chi connectivity index (χ0v) is 12.1. The number of benzene rings is 1. The van der Waals surface area contributed by atoms with Gasteiger partial charge in [-0.2, -0.15) is 0 Å². The number of fused-ring (bicyclic) bond motifs is 1. The largest absolute Gasteiger partial charge is 0.497 e. The number of nitrogens with one attached hydrogen (secondary N) is 1. The average Bonchev–Trinajstić information content (AvgIpc) is 2.48. The maximum atomic E-state index is 12.2. The van der Waals surface area contributed by atoms with Gasteiger partial charge in [-0.3, -0.25) is 9.78 Å². The minimum absolute atomic E-state index is 0.0277. The zero-order valence-electron chi connectivity index (χ0n) is 12.1. The van der Waals surface area contributed by atoms with Crippen LogP contribution >= 0.6 is 0 Å². The van der Waals surface area contributed by atoms with Crippen LogP contribution in [0.1, 0.15) is 26.7 Å². The molecule has 1 amide bonds. The smallest absolute Gasteiger partial charge is 0.227 e. The van der Waals surface area contributed by atoms with E-state index >= 15 is 0 Å². The van der Waals surface area contributed by atoms with Crippen LogP contribution in [0.2, 0.25) is 0 Å². The van der Waals surface area contributed by atoms with Crippen molar-refractivity contribution in [2.75, 3.05) is 12.4 Å². The molecule has 0 saturated heterocycles. The van der Waals surface area contributed by atoms with Crippen LogP contribution in [0.15, 0.2) is 30.5 Å². The van der Waals surface area contributed by atoms with Gasteiger partial charge in [0.1, 0.15) is 5.75 Å². The molecule has 0 bridgehead atoms. The Kier molecular flexibility index (Phi) is 4.56. The molecule has 2 aromatic rings. The number of hydrogen-bond acceptors (Lipinski definition) is 3. The highest BCUT2D eigenvalue weighted by atomic mass is 16.5. The van der Waals surface area contributed by atoms with Gasteiger partial charge in [0.15, 0.2) is 0 Å². The number of aromatic nitrogens is 1. The predicted octanol–water partition coefficient (Wildman–Crippen LogP) is 3.62. The van der Waals surface area contributed by atoms with Gasteiger partial charge in [0.2, 0.25) is 5.91 Å². The first-order valence-electron chi connectivity index (χ1n) is 6.93. The van der Waals surface area contributed by atoms with Crippen molar-refractivity contribution in [2.24, 2.45) is 5.92 Å². The lowest BCUT2D eigenvalue weighted by Gasteiger charge is -2.14. The second-order valence-electron chi connectivity index (χ2n) is 4.75. The van der Waals surface area contributed by atoms with Gasteiger partial charge < -0.3 is 10.1 Å². The quantitative estimate of drug-likeness (QED) is 0.904. The highest BCUT2D eigenvalue weighted by Crippen LogP contribution is 2.28. The van der Waals surface area contributed by atoms with E-state index in [2.05, 4.69) is 10.3 Å². The van der Waals surface area contributed by atoms with Crippen LogP contribution in [-0.4, -0.2) is 18.0 Å². The van der Waals surface area contributed by atoms with Crippen LogP contribution in [0.3, 0.4) is 0 Å². The number of pyridine rings is 1. The molecule has 20 heavy (non-hydrogen) atoms. The Hall–Kier alpha value is -2.10. The molecule has 0 saturated carbocycles. The SMILES string of the molecule is CCC(CC)C(=O)Nc1cc(OC)cc2cccnc12. The monoisotopic (exact) mass is 272 g/mol. The number of carbonyl (C=O) groups excluding carboxylic acids is 1. The molecule has 0 aliphatic heterocycles. The minimum Gasteiger partial charge on any atom is -0.497 e. The molecule has 0 atom stereocenters. The molecule has 4 nitrogen and oxygen atoms in total. The van der Waals surface area contributed by atoms with Gasteiger partial charge in [0.25, 0.3) is 0 Å². The Morgan fingerprint density at radius 1 is 1.35 bits per heavy atom. The van der Waals surface area contributed by atoms with Crippen molar-refractivity contribution in [3.8, 4) is 5.75 Å². The molecule has 106 valence electrons. The second kappa shape index (κ2) is 6.37. The predicted molar refractivity (Wildman–Crippen MR) is 81.0 cm³/mol. The van der Waals surface area contributed by atoms with Gasteiger partial charge >= 0.3 is 0 Å². The summed E-state index contributed by atoms with van der Waals surface area (Å²) in [4.78, 5) is 16.6. The van der Waals surface area contributed by atoms with E-state index < -0.39 is 0 Å². The van der Waals surface area contributed by atoms with Crippen molar-refractivity contribution in [3.05, 3.63) is 30.5 Å². The third kappa shape index (κ3) is 2.90. The number of methoxy groups -OCH3 is 1. The van der Waals surface area contributed by atoms with Crippen LogP contribution in [0.5, 0.6) is 5.75 Å². The summed E-state index contributed by atoms with van der Waals surface area (Å²) in [5.74, 6) is 0.778. The maximum Gasteiger partial charge on any atom is 0.227 e. The number of carbonyl (C=O) groups is 1. The Balaban J connectivity index is 2.40. The Bertz CT molecular complexity index is 606. The van der Waals surface area contributed by atoms with E-state index in [0.29, 0.717) is 11.4 Å². The van der Waals surface area contributed by atoms with Gasteiger partial charge in [-0.15, -0.1) is 0 Å². The molecule has 0 unspecified atom stereocenters. The fourth-order valence-electron chi connectivity index (χ4n) is 2.27. The van der Waals surface area contributed by atoms with Crippen LogP contribution in [0.4, 0.5) is 5.69 Å². The van der Waals surface area contributed by atoms with Crippen molar-refractivity contribution in [3.63, 3.8) is 0 Å². The fraction of sp³-hybridized carbons (Fsp3) is 0.375. The third-order valence-electron chi connectivity index (χ3n) is 3.53. The highest BCUT2D eigenvalue weighted by Gasteiger charge is 2.16. The number of amides is 1. The Morgan fingerprint density at radius 2 is 2.10 bits per heavy atom. The molecule has 0 aliphatic carbocycles. The topological polar surface area (TPSA) is 51.2 Å². The maximum absolute atomic E-state index is 12.2. The molecule has 2 rings (SSSR count). The molecule has 1 aromatic heterocycles. The lowest BCUT2D eigenvalue weighted by molar-refractivity contribution is -0.120. The van der Waals surface area contributed by atoms with Crippen molar-refractivity contribution in [1.29, 1.82) is 0 Å². The minimum atomic E-state index is 0.0277. The molecule has 1 N–H and O–H groups in total. The number of rotatable bonds is 5. The van der Waals surface area contributed by atoms with Gasteiger partial charge in [-0.25, -0.2) is 0 Å². The second-order valence-corrected chi connectivity index (χ2v) is 4.75. The number of hydrogen-bond donors (Lipinski definition) is 1. The molecule has 4 heteroatoms. The normalized spacial score (nSPS) is 10.8. The van der Waals surface area contributed by atoms with Crippen LogP contribution < -0.4 is 10.1 Å². The first-order chi connectivity index (χ1) is 9.69. The van der Waals surface area contributed by atoms with Crippen LogP contribution in [-0.2, 0) is 4.79 Å². The van der Waals surface area contributed by atoms with Crippen molar-refractivity contribution in [2.45, 2.75) is 26.7 Å². The summed E-state index contributed by atoms with van der Waals surface area (Å²) in [5, 5.41) is 3.93. The van der Waals surface area contributed by atoms with E-state index in [9.17, 15) is 4.79 Å². The third-order valence-corrected chi connectivity index (χ3v) is 3.53.